The van der Waals surface area contributed by atoms with E-state index in [1.54, 1.807) is 24.2 Å². The van der Waals surface area contributed by atoms with Crippen LogP contribution in [0.2, 0.25) is 0 Å². The number of hydrogen-bond donors (Lipinski definition) is 1. The molecule has 1 aromatic heterocycles. The number of hydrogen-bond acceptors (Lipinski definition) is 6. The molecule has 0 aliphatic carbocycles. The third kappa shape index (κ3) is 3.51. The first-order valence-electron chi connectivity index (χ1n) is 8.40. The maximum Gasteiger partial charge on any atom is 0.340 e. The zero-order chi connectivity index (χ0) is 18.7. The molecule has 0 saturated carbocycles. The highest BCUT2D eigenvalue weighted by atomic mass is 19.1. The number of piperidine rings is 1. The van der Waals surface area contributed by atoms with E-state index < -0.39 is 22.4 Å². The molecule has 26 heavy (non-hydrogen) atoms. The molecule has 0 radical (unpaired) electrons. The zero-order valence-corrected chi connectivity index (χ0v) is 14.3. The number of non-ortho nitro benzene ring substituents is 1. The Hall–Kier alpha value is -2.97. The lowest BCUT2D eigenvalue weighted by molar-refractivity contribution is -0.385. The van der Waals surface area contributed by atoms with E-state index in [1.807, 2.05) is 0 Å². The number of aromatic nitrogens is 2. The normalized spacial score (nSPS) is 17.2. The van der Waals surface area contributed by atoms with Gasteiger partial charge in [-0.2, -0.15) is 0 Å². The number of rotatable bonds is 5. The van der Waals surface area contributed by atoms with Gasteiger partial charge >= 0.3 is 5.97 Å². The highest BCUT2D eigenvalue weighted by Gasteiger charge is 2.30. The summed E-state index contributed by atoms with van der Waals surface area (Å²) in [6.07, 6.45) is 5.05. The molecule has 138 valence electrons. The van der Waals surface area contributed by atoms with Gasteiger partial charge in [0.15, 0.2) is 5.82 Å². The fraction of sp³-hybridized carbons (Fsp3) is 0.412. The maximum absolute atomic E-state index is 14.7. The molecule has 1 fully saturated rings. The number of esters is 1. The van der Waals surface area contributed by atoms with Crippen molar-refractivity contribution in [1.29, 1.82) is 0 Å². The first-order chi connectivity index (χ1) is 12.5. The molecule has 0 spiro atoms. The van der Waals surface area contributed by atoms with Gasteiger partial charge < -0.3 is 14.6 Å². The van der Waals surface area contributed by atoms with E-state index in [4.69, 9.17) is 4.74 Å². The molecule has 1 aliphatic rings. The summed E-state index contributed by atoms with van der Waals surface area (Å²) in [6.45, 7) is 2.71. The predicted molar refractivity (Wildman–Crippen MR) is 91.8 cm³/mol. The number of nitro groups is 1. The maximum atomic E-state index is 14.7. The van der Waals surface area contributed by atoms with Gasteiger partial charge in [0.05, 0.1) is 28.8 Å². The van der Waals surface area contributed by atoms with Crippen molar-refractivity contribution in [2.24, 2.45) is 0 Å². The second kappa shape index (κ2) is 7.51. The lowest BCUT2D eigenvalue weighted by Gasteiger charge is -2.34. The van der Waals surface area contributed by atoms with Gasteiger partial charge in [-0.15, -0.1) is 0 Å². The quantitative estimate of drug-likeness (QED) is 0.498. The number of nitrogens with one attached hydrogen (secondary N) is 1. The monoisotopic (exact) mass is 362 g/mol. The summed E-state index contributed by atoms with van der Waals surface area (Å²) in [5.41, 5.74) is -0.558. The van der Waals surface area contributed by atoms with Crippen LogP contribution in [0.25, 0.3) is 0 Å². The number of carbonyl (C=O) groups is 1. The second-order valence-electron chi connectivity index (χ2n) is 6.06. The van der Waals surface area contributed by atoms with Gasteiger partial charge in [-0.3, -0.25) is 10.1 Å². The lowest BCUT2D eigenvalue weighted by Crippen LogP contribution is -2.36. The summed E-state index contributed by atoms with van der Waals surface area (Å²) in [7, 11) is 0. The van der Waals surface area contributed by atoms with Crippen molar-refractivity contribution in [2.45, 2.75) is 25.7 Å². The lowest BCUT2D eigenvalue weighted by atomic mass is 9.96. The number of halogens is 1. The number of benzene rings is 1. The minimum atomic E-state index is -0.803. The van der Waals surface area contributed by atoms with E-state index >= 15 is 0 Å². The number of imidazole rings is 1. The van der Waals surface area contributed by atoms with Crippen LogP contribution in [0, 0.1) is 15.9 Å². The van der Waals surface area contributed by atoms with E-state index in [0.717, 1.165) is 30.8 Å². The third-order valence-corrected chi connectivity index (χ3v) is 4.40. The standard InChI is InChI=1S/C17H19FN4O4/c1-2-26-17(23)13-8-12(22(24)25)9-14(18)15(13)21-7-3-4-11(10-21)16-19-5-6-20-16/h5-6,8-9,11H,2-4,7,10H2,1H3,(H,19,20). The van der Waals surface area contributed by atoms with Gasteiger partial charge in [-0.1, -0.05) is 0 Å². The Kier molecular flexibility index (Phi) is 5.15. The average Bonchev–Trinajstić information content (AvgIpc) is 3.16. The largest absolute Gasteiger partial charge is 0.462 e. The SMILES string of the molecule is CCOC(=O)c1cc([N+](=O)[O-])cc(F)c1N1CCCC(c2ncc[nH]2)C1. The van der Waals surface area contributed by atoms with Gasteiger partial charge in [0.2, 0.25) is 0 Å². The highest BCUT2D eigenvalue weighted by molar-refractivity contribution is 5.97. The van der Waals surface area contributed by atoms with E-state index in [9.17, 15) is 19.3 Å². The van der Waals surface area contributed by atoms with Crippen LogP contribution >= 0.6 is 0 Å². The summed E-state index contributed by atoms with van der Waals surface area (Å²) in [4.78, 5) is 31.7. The second-order valence-corrected chi connectivity index (χ2v) is 6.06. The molecule has 1 aromatic carbocycles. The van der Waals surface area contributed by atoms with E-state index in [0.29, 0.717) is 13.1 Å². The molecule has 9 heteroatoms. The Morgan fingerprint density at radius 3 is 3.00 bits per heavy atom. The van der Waals surface area contributed by atoms with Gasteiger partial charge in [-0.25, -0.2) is 14.2 Å². The predicted octanol–water partition coefficient (Wildman–Crippen LogP) is 3.02. The Labute approximate surface area is 149 Å². The van der Waals surface area contributed by atoms with Gasteiger partial charge in [0.1, 0.15) is 5.82 Å². The number of aromatic amines is 1. The van der Waals surface area contributed by atoms with Crippen LogP contribution in [-0.2, 0) is 4.74 Å². The van der Waals surface area contributed by atoms with Crippen LogP contribution in [0.5, 0.6) is 0 Å². The number of nitro benzene ring substituents is 1. The molecule has 0 amide bonds. The van der Waals surface area contributed by atoms with E-state index in [-0.39, 0.29) is 23.8 Å². The molecule has 1 saturated heterocycles. The molecule has 8 nitrogen and oxygen atoms in total. The molecule has 1 N–H and O–H groups in total. The summed E-state index contributed by atoms with van der Waals surface area (Å²) >= 11 is 0. The topological polar surface area (TPSA) is 101 Å². The molecular formula is C17H19FN4O4. The van der Waals surface area contributed by atoms with Crippen molar-refractivity contribution >= 4 is 17.3 Å². The Morgan fingerprint density at radius 1 is 1.54 bits per heavy atom. The van der Waals surface area contributed by atoms with Crippen molar-refractivity contribution in [3.63, 3.8) is 0 Å². The summed E-state index contributed by atoms with van der Waals surface area (Å²) < 4.78 is 19.7. The average molecular weight is 362 g/mol. The number of ether oxygens (including phenoxy) is 1. The van der Waals surface area contributed by atoms with E-state index in [1.165, 1.54) is 0 Å². The number of carbonyl (C=O) groups excluding carboxylic acids is 1. The summed E-state index contributed by atoms with van der Waals surface area (Å²) in [5, 5.41) is 11.0. The number of anilines is 1. The van der Waals surface area contributed by atoms with Crippen LogP contribution in [0.1, 0.15) is 41.9 Å². The molecule has 1 aliphatic heterocycles. The molecule has 2 heterocycles. The molecule has 0 bridgehead atoms. The van der Waals surface area contributed by atoms with Crippen LogP contribution in [0.3, 0.4) is 0 Å². The van der Waals surface area contributed by atoms with Gasteiger partial charge in [0.25, 0.3) is 5.69 Å². The van der Waals surface area contributed by atoms with Crippen LogP contribution in [-0.4, -0.2) is 40.6 Å². The van der Waals surface area contributed by atoms with Gasteiger partial charge in [-0.05, 0) is 19.8 Å². The van der Waals surface area contributed by atoms with Crippen molar-refractivity contribution < 1.29 is 18.8 Å². The van der Waals surface area contributed by atoms with Crippen molar-refractivity contribution in [2.75, 3.05) is 24.6 Å². The minimum absolute atomic E-state index is 0.0466. The Bertz CT molecular complexity index is 809. The number of nitrogens with zero attached hydrogens (tertiary/aromatic N) is 3. The van der Waals surface area contributed by atoms with Crippen LogP contribution in [0.4, 0.5) is 15.8 Å². The fourth-order valence-corrected chi connectivity index (χ4v) is 3.28. The Balaban J connectivity index is 1.99. The highest BCUT2D eigenvalue weighted by Crippen LogP contribution is 2.34. The van der Waals surface area contributed by atoms with Crippen molar-refractivity contribution in [3.05, 3.63) is 51.8 Å². The van der Waals surface area contributed by atoms with Crippen molar-refractivity contribution in [1.82, 2.24) is 9.97 Å². The van der Waals surface area contributed by atoms with Gasteiger partial charge in [0, 0.05) is 37.5 Å². The molecule has 1 unspecified atom stereocenters. The smallest absolute Gasteiger partial charge is 0.340 e. The Morgan fingerprint density at radius 2 is 2.35 bits per heavy atom. The van der Waals surface area contributed by atoms with Crippen LogP contribution < -0.4 is 4.90 Å². The van der Waals surface area contributed by atoms with Crippen LogP contribution in [0.15, 0.2) is 24.5 Å². The summed E-state index contributed by atoms with van der Waals surface area (Å²) in [6, 6.07) is 1.92. The van der Waals surface area contributed by atoms with E-state index in [2.05, 4.69) is 9.97 Å². The summed E-state index contributed by atoms with van der Waals surface area (Å²) in [5.74, 6) is -0.717. The first-order valence-corrected chi connectivity index (χ1v) is 8.40. The molecule has 3 rings (SSSR count). The molecule has 1 atom stereocenters. The first kappa shape index (κ1) is 17.8. The van der Waals surface area contributed by atoms with Crippen molar-refractivity contribution in [3.8, 4) is 0 Å². The molecule has 2 aromatic rings. The fourth-order valence-electron chi connectivity index (χ4n) is 3.28. The minimum Gasteiger partial charge on any atom is -0.462 e. The zero-order valence-electron chi connectivity index (χ0n) is 14.3. The number of H-pyrrole nitrogens is 1. The third-order valence-electron chi connectivity index (χ3n) is 4.40. The molecular weight excluding hydrogens is 343 g/mol.